The van der Waals surface area contributed by atoms with E-state index >= 15 is 0 Å². The van der Waals surface area contributed by atoms with Crippen LogP contribution >= 0.6 is 0 Å². The minimum Gasteiger partial charge on any atom is -0.478 e. The average molecular weight is 246 g/mol. The zero-order chi connectivity index (χ0) is 13.2. The number of imidazole rings is 1. The molecule has 5 heteroatoms. The van der Waals surface area contributed by atoms with Crippen molar-refractivity contribution < 1.29 is 4.74 Å². The zero-order valence-electron chi connectivity index (χ0n) is 10.9. The van der Waals surface area contributed by atoms with E-state index in [0.717, 1.165) is 11.4 Å². The first-order chi connectivity index (χ1) is 8.52. The Balaban J connectivity index is 2.35. The highest BCUT2D eigenvalue weighted by Gasteiger charge is 2.19. The summed E-state index contributed by atoms with van der Waals surface area (Å²) in [5, 5.41) is 0. The van der Waals surface area contributed by atoms with Gasteiger partial charge in [0.25, 0.3) is 0 Å². The molecule has 0 aliphatic carbocycles. The molecule has 0 saturated heterocycles. The zero-order valence-corrected chi connectivity index (χ0v) is 10.9. The Morgan fingerprint density at radius 2 is 2.11 bits per heavy atom. The molecule has 2 heterocycles. The molecule has 2 aromatic rings. The van der Waals surface area contributed by atoms with Crippen molar-refractivity contribution in [3.05, 3.63) is 36.5 Å². The third kappa shape index (κ3) is 2.51. The molecule has 0 atom stereocenters. The van der Waals surface area contributed by atoms with E-state index in [-0.39, 0.29) is 0 Å². The van der Waals surface area contributed by atoms with Gasteiger partial charge < -0.3 is 10.5 Å². The van der Waals surface area contributed by atoms with Crippen molar-refractivity contribution in [2.45, 2.75) is 26.3 Å². The van der Waals surface area contributed by atoms with E-state index in [1.807, 2.05) is 37.5 Å². The fourth-order valence-corrected chi connectivity index (χ4v) is 1.73. The molecule has 0 radical (unpaired) electrons. The van der Waals surface area contributed by atoms with Crippen LogP contribution in [0.4, 0.5) is 0 Å². The van der Waals surface area contributed by atoms with Gasteiger partial charge >= 0.3 is 0 Å². The number of rotatable bonds is 4. The van der Waals surface area contributed by atoms with Crippen molar-refractivity contribution in [3.8, 4) is 11.6 Å². The molecule has 0 unspecified atom stereocenters. The SMILES string of the molecule is CCOc1ccc(-n2cncc2C(C)(C)N)cn1. The van der Waals surface area contributed by atoms with Crippen LogP contribution in [-0.4, -0.2) is 21.1 Å². The number of hydrogen-bond acceptors (Lipinski definition) is 4. The van der Waals surface area contributed by atoms with Crippen LogP contribution in [-0.2, 0) is 5.54 Å². The van der Waals surface area contributed by atoms with Crippen molar-refractivity contribution >= 4 is 0 Å². The Morgan fingerprint density at radius 1 is 1.33 bits per heavy atom. The predicted molar refractivity (Wildman–Crippen MR) is 69.7 cm³/mol. The second kappa shape index (κ2) is 4.78. The molecule has 0 bridgehead atoms. The molecule has 0 aliphatic rings. The topological polar surface area (TPSA) is 66.0 Å². The molecular formula is C13H18N4O. The predicted octanol–water partition coefficient (Wildman–Crippen LogP) is 1.86. The van der Waals surface area contributed by atoms with Crippen LogP contribution < -0.4 is 10.5 Å². The summed E-state index contributed by atoms with van der Waals surface area (Å²) in [6.07, 6.45) is 5.26. The molecule has 0 aromatic carbocycles. The normalized spacial score (nSPS) is 11.6. The number of nitrogens with zero attached hydrogens (tertiary/aromatic N) is 3. The van der Waals surface area contributed by atoms with Crippen molar-refractivity contribution in [3.63, 3.8) is 0 Å². The lowest BCUT2D eigenvalue weighted by Gasteiger charge is -2.20. The molecule has 5 nitrogen and oxygen atoms in total. The van der Waals surface area contributed by atoms with Crippen LogP contribution in [0.15, 0.2) is 30.9 Å². The molecule has 0 aliphatic heterocycles. The van der Waals surface area contributed by atoms with Crippen LogP contribution in [0.25, 0.3) is 5.69 Å². The van der Waals surface area contributed by atoms with Gasteiger partial charge in [0, 0.05) is 6.07 Å². The summed E-state index contributed by atoms with van der Waals surface area (Å²) in [5.41, 5.74) is 7.52. The molecule has 0 saturated carbocycles. The maximum atomic E-state index is 6.11. The van der Waals surface area contributed by atoms with Crippen LogP contribution in [0, 0.1) is 0 Å². The van der Waals surface area contributed by atoms with Gasteiger partial charge in [-0.25, -0.2) is 9.97 Å². The van der Waals surface area contributed by atoms with Gasteiger partial charge in [0.15, 0.2) is 0 Å². The minimum absolute atomic E-state index is 0.449. The highest BCUT2D eigenvalue weighted by Crippen LogP contribution is 2.20. The minimum atomic E-state index is -0.449. The standard InChI is InChI=1S/C13H18N4O/c1-4-18-12-6-5-10(7-16-12)17-9-15-8-11(17)13(2,3)14/h5-9H,4,14H2,1-3H3. The number of hydrogen-bond donors (Lipinski definition) is 1. The van der Waals surface area contributed by atoms with Crippen LogP contribution in [0.5, 0.6) is 5.88 Å². The van der Waals surface area contributed by atoms with Crippen molar-refractivity contribution in [2.24, 2.45) is 5.73 Å². The summed E-state index contributed by atoms with van der Waals surface area (Å²) >= 11 is 0. The second-order valence-electron chi connectivity index (χ2n) is 4.66. The number of aromatic nitrogens is 3. The molecule has 0 fully saturated rings. The fraction of sp³-hybridized carbons (Fsp3) is 0.385. The molecule has 0 spiro atoms. The molecule has 2 rings (SSSR count). The van der Waals surface area contributed by atoms with Gasteiger partial charge in [-0.1, -0.05) is 0 Å². The van der Waals surface area contributed by atoms with Gasteiger partial charge in [-0.2, -0.15) is 0 Å². The summed E-state index contributed by atoms with van der Waals surface area (Å²) in [4.78, 5) is 8.38. The van der Waals surface area contributed by atoms with E-state index in [1.54, 1.807) is 18.7 Å². The molecular weight excluding hydrogens is 228 g/mol. The summed E-state index contributed by atoms with van der Waals surface area (Å²) < 4.78 is 7.25. The van der Waals surface area contributed by atoms with Gasteiger partial charge in [-0.05, 0) is 26.8 Å². The molecule has 2 N–H and O–H groups in total. The molecule has 0 amide bonds. The summed E-state index contributed by atoms with van der Waals surface area (Å²) in [7, 11) is 0. The van der Waals surface area contributed by atoms with Crippen molar-refractivity contribution in [1.82, 2.24) is 14.5 Å². The molecule has 18 heavy (non-hydrogen) atoms. The number of pyridine rings is 1. The molecule has 2 aromatic heterocycles. The Morgan fingerprint density at radius 3 is 2.67 bits per heavy atom. The first-order valence-electron chi connectivity index (χ1n) is 5.93. The highest BCUT2D eigenvalue weighted by molar-refractivity contribution is 5.34. The van der Waals surface area contributed by atoms with Crippen molar-refractivity contribution in [2.75, 3.05) is 6.61 Å². The van der Waals surface area contributed by atoms with E-state index < -0.39 is 5.54 Å². The number of nitrogens with two attached hydrogens (primary N) is 1. The number of ether oxygens (including phenoxy) is 1. The van der Waals surface area contributed by atoms with E-state index in [1.165, 1.54) is 0 Å². The largest absolute Gasteiger partial charge is 0.478 e. The first kappa shape index (κ1) is 12.6. The van der Waals surface area contributed by atoms with Crippen LogP contribution in [0.1, 0.15) is 26.5 Å². The summed E-state index contributed by atoms with van der Waals surface area (Å²) in [5.74, 6) is 0.620. The Hall–Kier alpha value is -1.88. The molecule has 96 valence electrons. The fourth-order valence-electron chi connectivity index (χ4n) is 1.73. The quantitative estimate of drug-likeness (QED) is 0.894. The lowest BCUT2D eigenvalue weighted by Crippen LogP contribution is -2.31. The van der Waals surface area contributed by atoms with Crippen molar-refractivity contribution in [1.29, 1.82) is 0 Å². The van der Waals surface area contributed by atoms with Gasteiger partial charge in [0.05, 0.1) is 42.2 Å². The van der Waals surface area contributed by atoms with Crippen LogP contribution in [0.3, 0.4) is 0 Å². The monoisotopic (exact) mass is 246 g/mol. The van der Waals surface area contributed by atoms with Gasteiger partial charge in [0.2, 0.25) is 5.88 Å². The van der Waals surface area contributed by atoms with E-state index in [2.05, 4.69) is 9.97 Å². The van der Waals surface area contributed by atoms with Crippen LogP contribution in [0.2, 0.25) is 0 Å². The van der Waals surface area contributed by atoms with Gasteiger partial charge in [-0.3, -0.25) is 4.57 Å². The average Bonchev–Trinajstić information content (AvgIpc) is 2.79. The maximum Gasteiger partial charge on any atom is 0.213 e. The van der Waals surface area contributed by atoms with E-state index in [9.17, 15) is 0 Å². The summed E-state index contributed by atoms with van der Waals surface area (Å²) in [6, 6.07) is 3.78. The Labute approximate surface area is 107 Å². The second-order valence-corrected chi connectivity index (χ2v) is 4.66. The lowest BCUT2D eigenvalue weighted by atomic mass is 10.0. The third-order valence-electron chi connectivity index (χ3n) is 2.59. The third-order valence-corrected chi connectivity index (χ3v) is 2.59. The smallest absolute Gasteiger partial charge is 0.213 e. The summed E-state index contributed by atoms with van der Waals surface area (Å²) in [6.45, 7) is 6.43. The van der Waals surface area contributed by atoms with Gasteiger partial charge in [-0.15, -0.1) is 0 Å². The maximum absolute atomic E-state index is 6.11. The lowest BCUT2D eigenvalue weighted by molar-refractivity contribution is 0.327. The van der Waals surface area contributed by atoms with E-state index in [4.69, 9.17) is 10.5 Å². The van der Waals surface area contributed by atoms with Gasteiger partial charge in [0.1, 0.15) is 0 Å². The Kier molecular flexibility index (Phi) is 3.34. The first-order valence-corrected chi connectivity index (χ1v) is 5.93. The highest BCUT2D eigenvalue weighted by atomic mass is 16.5. The Bertz CT molecular complexity index is 511. The van der Waals surface area contributed by atoms with E-state index in [0.29, 0.717) is 12.5 Å².